The molecule has 2 aromatic rings. The molecule has 1 aromatic heterocycles. The van der Waals surface area contributed by atoms with E-state index in [1.54, 1.807) is 25.4 Å². The largest absolute Gasteiger partial charge is 0.481 e. The predicted octanol–water partition coefficient (Wildman–Crippen LogP) is 5.22. The van der Waals surface area contributed by atoms with E-state index in [0.717, 1.165) is 31.2 Å². The highest BCUT2D eigenvalue weighted by Gasteiger charge is 2.21. The Morgan fingerprint density at radius 2 is 2.00 bits per heavy atom. The van der Waals surface area contributed by atoms with Crippen LogP contribution in [0.2, 0.25) is 5.02 Å². The van der Waals surface area contributed by atoms with Gasteiger partial charge in [0.05, 0.1) is 30.5 Å². The quantitative estimate of drug-likeness (QED) is 0.422. The summed E-state index contributed by atoms with van der Waals surface area (Å²) in [6, 6.07) is 8.42. The number of nitrogens with one attached hydrogen (secondary N) is 1. The summed E-state index contributed by atoms with van der Waals surface area (Å²) in [6.45, 7) is 2.14. The number of pyridine rings is 1. The number of carbonyl (C=O) groups excluding carboxylic acids is 2. The Labute approximate surface area is 176 Å². The molecule has 1 atom stereocenters. The second-order valence-electron chi connectivity index (χ2n) is 6.73. The standard InChI is InChI=1S/C22H27ClN2O4/c1-4-5-6-8-15(17-9-7-12-24-21(17)28-2)14-20(26)25-19-13-16(22(27)29-3)10-11-18(19)23/h7,9-13,15H,4-6,8,14H2,1-3H3,(H,25,26). The van der Waals surface area contributed by atoms with Crippen molar-refractivity contribution in [2.75, 3.05) is 19.5 Å². The summed E-state index contributed by atoms with van der Waals surface area (Å²) in [5, 5.41) is 3.17. The summed E-state index contributed by atoms with van der Waals surface area (Å²) in [7, 11) is 2.88. The van der Waals surface area contributed by atoms with Crippen LogP contribution in [0.15, 0.2) is 36.5 Å². The first kappa shape index (κ1) is 22.7. The SMILES string of the molecule is CCCCCC(CC(=O)Nc1cc(C(=O)OC)ccc1Cl)c1cccnc1OC. The highest BCUT2D eigenvalue weighted by atomic mass is 35.5. The molecule has 0 saturated carbocycles. The first-order valence-corrected chi connectivity index (χ1v) is 10.0. The maximum absolute atomic E-state index is 12.8. The van der Waals surface area contributed by atoms with E-state index >= 15 is 0 Å². The maximum atomic E-state index is 12.8. The van der Waals surface area contributed by atoms with E-state index in [1.807, 2.05) is 12.1 Å². The van der Waals surface area contributed by atoms with E-state index in [-0.39, 0.29) is 18.2 Å². The minimum atomic E-state index is -0.491. The molecule has 1 heterocycles. The van der Waals surface area contributed by atoms with Crippen molar-refractivity contribution in [3.8, 4) is 5.88 Å². The van der Waals surface area contributed by atoms with Gasteiger partial charge in [-0.2, -0.15) is 0 Å². The smallest absolute Gasteiger partial charge is 0.337 e. The van der Waals surface area contributed by atoms with Gasteiger partial charge in [-0.15, -0.1) is 0 Å². The highest BCUT2D eigenvalue weighted by molar-refractivity contribution is 6.33. The first-order chi connectivity index (χ1) is 14.0. The molecule has 0 saturated heterocycles. The van der Waals surface area contributed by atoms with Crippen molar-refractivity contribution in [2.45, 2.75) is 44.9 Å². The molecule has 6 nitrogen and oxygen atoms in total. The summed E-state index contributed by atoms with van der Waals surface area (Å²) in [5.41, 5.74) is 1.61. The Kier molecular flexibility index (Phi) is 8.93. The Hall–Kier alpha value is -2.60. The van der Waals surface area contributed by atoms with Crippen LogP contribution in [0.4, 0.5) is 5.69 Å². The van der Waals surface area contributed by atoms with Crippen LogP contribution in [-0.2, 0) is 9.53 Å². The predicted molar refractivity (Wildman–Crippen MR) is 114 cm³/mol. The average Bonchev–Trinajstić information content (AvgIpc) is 2.74. The second-order valence-corrected chi connectivity index (χ2v) is 7.14. The molecule has 1 unspecified atom stereocenters. The van der Waals surface area contributed by atoms with Gasteiger partial charge in [0.25, 0.3) is 0 Å². The number of unbranched alkanes of at least 4 members (excludes halogenated alkanes) is 2. The maximum Gasteiger partial charge on any atom is 0.337 e. The number of halogens is 1. The average molecular weight is 419 g/mol. The fraction of sp³-hybridized carbons (Fsp3) is 0.409. The van der Waals surface area contributed by atoms with Crippen LogP contribution in [0.3, 0.4) is 0 Å². The number of amides is 1. The van der Waals surface area contributed by atoms with Crippen molar-refractivity contribution in [1.82, 2.24) is 4.98 Å². The summed E-state index contributed by atoms with van der Waals surface area (Å²) in [6.07, 6.45) is 5.96. The lowest BCUT2D eigenvalue weighted by Gasteiger charge is -2.19. The van der Waals surface area contributed by atoms with Gasteiger partial charge in [0.15, 0.2) is 0 Å². The van der Waals surface area contributed by atoms with Crippen LogP contribution >= 0.6 is 11.6 Å². The number of rotatable bonds is 10. The fourth-order valence-corrected chi connectivity index (χ4v) is 3.35. The number of anilines is 1. The highest BCUT2D eigenvalue weighted by Crippen LogP contribution is 2.32. The van der Waals surface area contributed by atoms with Crippen molar-refractivity contribution < 1.29 is 19.1 Å². The summed E-state index contributed by atoms with van der Waals surface area (Å²) in [4.78, 5) is 28.8. The van der Waals surface area contributed by atoms with E-state index in [1.165, 1.54) is 13.2 Å². The van der Waals surface area contributed by atoms with Gasteiger partial charge < -0.3 is 14.8 Å². The Bertz CT molecular complexity index is 841. The molecule has 2 rings (SSSR count). The van der Waals surface area contributed by atoms with Crippen LogP contribution in [0, 0.1) is 0 Å². The van der Waals surface area contributed by atoms with Crippen molar-refractivity contribution in [2.24, 2.45) is 0 Å². The number of carbonyl (C=O) groups is 2. The molecular formula is C22H27ClN2O4. The summed E-state index contributed by atoms with van der Waals surface area (Å²) < 4.78 is 10.1. The lowest BCUT2D eigenvalue weighted by molar-refractivity contribution is -0.116. The number of hydrogen-bond donors (Lipinski definition) is 1. The molecule has 0 spiro atoms. The molecule has 0 aliphatic rings. The van der Waals surface area contributed by atoms with Crippen LogP contribution in [-0.4, -0.2) is 31.1 Å². The van der Waals surface area contributed by atoms with Gasteiger partial charge in [0.1, 0.15) is 0 Å². The lowest BCUT2D eigenvalue weighted by atomic mass is 9.90. The third-order valence-corrected chi connectivity index (χ3v) is 5.01. The van der Waals surface area contributed by atoms with Gasteiger partial charge in [-0.25, -0.2) is 9.78 Å². The molecule has 156 valence electrons. The van der Waals surface area contributed by atoms with Gasteiger partial charge in [0, 0.05) is 18.2 Å². The number of benzene rings is 1. The molecule has 1 aromatic carbocycles. The molecule has 7 heteroatoms. The first-order valence-electron chi connectivity index (χ1n) is 9.66. The van der Waals surface area contributed by atoms with Crippen molar-refractivity contribution in [1.29, 1.82) is 0 Å². The van der Waals surface area contributed by atoms with E-state index < -0.39 is 5.97 Å². The number of ether oxygens (including phenoxy) is 2. The van der Waals surface area contributed by atoms with E-state index in [0.29, 0.717) is 22.2 Å². The molecular weight excluding hydrogens is 392 g/mol. The van der Waals surface area contributed by atoms with E-state index in [2.05, 4.69) is 17.2 Å². The minimum absolute atomic E-state index is 0.0345. The zero-order valence-corrected chi connectivity index (χ0v) is 17.8. The third-order valence-electron chi connectivity index (χ3n) is 4.68. The Morgan fingerprint density at radius 3 is 2.69 bits per heavy atom. The molecule has 29 heavy (non-hydrogen) atoms. The van der Waals surface area contributed by atoms with Crippen molar-refractivity contribution in [3.05, 3.63) is 52.7 Å². The van der Waals surface area contributed by atoms with Gasteiger partial charge in [-0.1, -0.05) is 43.9 Å². The fourth-order valence-electron chi connectivity index (χ4n) is 3.18. The number of esters is 1. The summed E-state index contributed by atoms with van der Waals surface area (Å²) in [5.74, 6) is -0.184. The van der Waals surface area contributed by atoms with Crippen molar-refractivity contribution >= 4 is 29.2 Å². The van der Waals surface area contributed by atoms with E-state index in [4.69, 9.17) is 21.1 Å². The number of aromatic nitrogens is 1. The van der Waals surface area contributed by atoms with Gasteiger partial charge >= 0.3 is 5.97 Å². The molecule has 0 aliphatic carbocycles. The van der Waals surface area contributed by atoms with E-state index in [9.17, 15) is 9.59 Å². The zero-order chi connectivity index (χ0) is 21.2. The number of hydrogen-bond acceptors (Lipinski definition) is 5. The third kappa shape index (κ3) is 6.46. The topological polar surface area (TPSA) is 77.5 Å². The number of methoxy groups -OCH3 is 2. The van der Waals surface area contributed by atoms with Gasteiger partial charge in [-0.3, -0.25) is 4.79 Å². The van der Waals surface area contributed by atoms with Gasteiger partial charge in [0.2, 0.25) is 11.8 Å². The molecule has 0 aliphatic heterocycles. The monoisotopic (exact) mass is 418 g/mol. The minimum Gasteiger partial charge on any atom is -0.481 e. The molecule has 0 radical (unpaired) electrons. The number of nitrogens with zero attached hydrogens (tertiary/aromatic N) is 1. The van der Waals surface area contributed by atoms with Crippen molar-refractivity contribution in [3.63, 3.8) is 0 Å². The Balaban J connectivity index is 2.18. The van der Waals surface area contributed by atoms with Crippen LogP contribution in [0.5, 0.6) is 5.88 Å². The molecule has 0 bridgehead atoms. The lowest BCUT2D eigenvalue weighted by Crippen LogP contribution is -2.17. The molecule has 1 amide bonds. The summed E-state index contributed by atoms with van der Waals surface area (Å²) >= 11 is 6.19. The van der Waals surface area contributed by atoms with Gasteiger partial charge in [-0.05, 0) is 36.6 Å². The normalized spacial score (nSPS) is 11.6. The zero-order valence-electron chi connectivity index (χ0n) is 17.0. The van der Waals surface area contributed by atoms with Crippen LogP contribution in [0.1, 0.15) is 60.9 Å². The molecule has 0 fully saturated rings. The van der Waals surface area contributed by atoms with Crippen LogP contribution < -0.4 is 10.1 Å². The van der Waals surface area contributed by atoms with Crippen LogP contribution in [0.25, 0.3) is 0 Å². The second kappa shape index (κ2) is 11.4. The Morgan fingerprint density at radius 1 is 1.21 bits per heavy atom. The molecule has 1 N–H and O–H groups in total.